The minimum atomic E-state index is -3.74. The van der Waals surface area contributed by atoms with Gasteiger partial charge in [0.1, 0.15) is 5.76 Å². The molecule has 1 aliphatic heterocycles. The third-order valence-corrected chi connectivity index (χ3v) is 6.32. The largest absolute Gasteiger partial charge is 0.468 e. The highest BCUT2D eigenvalue weighted by Gasteiger charge is 2.28. The van der Waals surface area contributed by atoms with E-state index in [1.807, 2.05) is 11.8 Å². The van der Waals surface area contributed by atoms with Gasteiger partial charge in [0, 0.05) is 18.7 Å². The molecule has 0 bridgehead atoms. The van der Waals surface area contributed by atoms with Crippen LogP contribution >= 0.6 is 0 Å². The smallest absolute Gasteiger partial charge is 0.254 e. The molecule has 1 saturated heterocycles. The molecule has 2 heterocycles. The summed E-state index contributed by atoms with van der Waals surface area (Å²) in [5.41, 5.74) is 1.22. The lowest BCUT2D eigenvalue weighted by Crippen LogP contribution is -2.42. The van der Waals surface area contributed by atoms with E-state index in [9.17, 15) is 13.2 Å². The summed E-state index contributed by atoms with van der Waals surface area (Å²) in [6.07, 6.45) is 2.60. The van der Waals surface area contributed by atoms with Crippen molar-refractivity contribution >= 4 is 15.9 Å². The van der Waals surface area contributed by atoms with Crippen LogP contribution in [0.3, 0.4) is 0 Å². The lowest BCUT2D eigenvalue weighted by atomic mass is 9.91. The van der Waals surface area contributed by atoms with E-state index in [0.29, 0.717) is 36.2 Å². The number of benzene rings is 1. The van der Waals surface area contributed by atoms with Crippen LogP contribution in [0.4, 0.5) is 0 Å². The van der Waals surface area contributed by atoms with Crippen molar-refractivity contribution in [2.75, 3.05) is 13.1 Å². The summed E-state index contributed by atoms with van der Waals surface area (Å²) >= 11 is 0. The highest BCUT2D eigenvalue weighted by atomic mass is 32.2. The maximum absolute atomic E-state index is 13.0. The quantitative estimate of drug-likeness (QED) is 0.850. The van der Waals surface area contributed by atoms with Crippen LogP contribution in [0.5, 0.6) is 0 Å². The third kappa shape index (κ3) is 4.59. The molecule has 2 atom stereocenters. The number of aryl methyl sites for hydroxylation is 1. The molecule has 1 aliphatic rings. The zero-order valence-corrected chi connectivity index (χ0v) is 16.8. The van der Waals surface area contributed by atoms with Gasteiger partial charge in [-0.2, -0.15) is 0 Å². The van der Waals surface area contributed by atoms with Crippen LogP contribution in [0.2, 0.25) is 0 Å². The van der Waals surface area contributed by atoms with Crippen molar-refractivity contribution in [3.8, 4) is 0 Å². The Kier molecular flexibility index (Phi) is 5.72. The topological polar surface area (TPSA) is 79.6 Å². The highest BCUT2D eigenvalue weighted by molar-refractivity contribution is 7.89. The summed E-state index contributed by atoms with van der Waals surface area (Å²) in [5.74, 6) is 1.31. The molecule has 27 heavy (non-hydrogen) atoms. The number of carbonyl (C=O) groups is 1. The normalized spacial score (nSPS) is 20.6. The number of amides is 1. The van der Waals surface area contributed by atoms with E-state index in [4.69, 9.17) is 4.42 Å². The van der Waals surface area contributed by atoms with Gasteiger partial charge in [-0.25, -0.2) is 13.1 Å². The summed E-state index contributed by atoms with van der Waals surface area (Å²) < 4.78 is 32.9. The van der Waals surface area contributed by atoms with Gasteiger partial charge in [0.25, 0.3) is 5.91 Å². The third-order valence-electron chi connectivity index (χ3n) is 4.92. The molecule has 3 rings (SSSR count). The molecule has 0 radical (unpaired) electrons. The Hall–Kier alpha value is -2.12. The second-order valence-corrected chi connectivity index (χ2v) is 9.30. The second kappa shape index (κ2) is 7.86. The molecule has 1 aromatic carbocycles. The Morgan fingerprint density at radius 3 is 2.56 bits per heavy atom. The van der Waals surface area contributed by atoms with Gasteiger partial charge in [0.15, 0.2) is 0 Å². The number of furan rings is 1. The number of rotatable bonds is 5. The van der Waals surface area contributed by atoms with Crippen molar-refractivity contribution in [1.29, 1.82) is 0 Å². The SMILES string of the molecule is Cc1ccc(S(=O)(=O)NCc2ccco2)cc1C(=O)N1CC(C)CC(C)C1. The molecule has 2 aromatic rings. The van der Waals surface area contributed by atoms with Gasteiger partial charge in [-0.05, 0) is 55.0 Å². The van der Waals surface area contributed by atoms with Crippen LogP contribution in [-0.2, 0) is 16.6 Å². The average Bonchev–Trinajstić information content (AvgIpc) is 3.12. The molecule has 1 fully saturated rings. The molecule has 1 N–H and O–H groups in total. The van der Waals surface area contributed by atoms with Gasteiger partial charge in [0.2, 0.25) is 10.0 Å². The van der Waals surface area contributed by atoms with Crippen LogP contribution in [0, 0.1) is 18.8 Å². The van der Waals surface area contributed by atoms with E-state index in [2.05, 4.69) is 18.6 Å². The molecule has 7 heteroatoms. The van der Waals surface area contributed by atoms with Crippen molar-refractivity contribution in [3.05, 3.63) is 53.5 Å². The molecule has 0 spiro atoms. The molecular weight excluding hydrogens is 364 g/mol. The molecule has 2 unspecified atom stereocenters. The monoisotopic (exact) mass is 390 g/mol. The fourth-order valence-corrected chi connectivity index (χ4v) is 4.68. The molecule has 6 nitrogen and oxygen atoms in total. The number of nitrogens with one attached hydrogen (secondary N) is 1. The lowest BCUT2D eigenvalue weighted by molar-refractivity contribution is 0.0622. The van der Waals surface area contributed by atoms with E-state index in [1.54, 1.807) is 18.2 Å². The summed E-state index contributed by atoms with van der Waals surface area (Å²) in [6.45, 7) is 7.58. The number of sulfonamides is 1. The predicted molar refractivity (Wildman–Crippen MR) is 103 cm³/mol. The van der Waals surface area contributed by atoms with Crippen LogP contribution < -0.4 is 4.72 Å². The Balaban J connectivity index is 1.82. The molecular formula is C20H26N2O4S. The summed E-state index contributed by atoms with van der Waals surface area (Å²) in [7, 11) is -3.74. The number of hydrogen-bond donors (Lipinski definition) is 1. The van der Waals surface area contributed by atoms with E-state index in [0.717, 1.165) is 12.0 Å². The maximum atomic E-state index is 13.0. The van der Waals surface area contributed by atoms with Gasteiger partial charge >= 0.3 is 0 Å². The zero-order chi connectivity index (χ0) is 19.6. The Morgan fingerprint density at radius 2 is 1.93 bits per heavy atom. The van der Waals surface area contributed by atoms with E-state index in [1.165, 1.54) is 18.4 Å². The fraction of sp³-hybridized carbons (Fsp3) is 0.450. The first-order chi connectivity index (χ1) is 12.8. The predicted octanol–water partition coefficient (Wildman–Crippen LogP) is 3.18. The first-order valence-corrected chi connectivity index (χ1v) is 10.7. The zero-order valence-electron chi connectivity index (χ0n) is 15.9. The van der Waals surface area contributed by atoms with Gasteiger partial charge in [-0.1, -0.05) is 19.9 Å². The van der Waals surface area contributed by atoms with E-state index >= 15 is 0 Å². The lowest BCUT2D eigenvalue weighted by Gasteiger charge is -2.35. The summed E-state index contributed by atoms with van der Waals surface area (Å²) in [5, 5.41) is 0. The summed E-state index contributed by atoms with van der Waals surface area (Å²) in [6, 6.07) is 8.09. The Bertz CT molecular complexity index is 896. The van der Waals surface area contributed by atoms with Gasteiger partial charge in [-0.3, -0.25) is 4.79 Å². The van der Waals surface area contributed by atoms with E-state index < -0.39 is 10.0 Å². The Labute approximate surface area is 160 Å². The highest BCUT2D eigenvalue weighted by Crippen LogP contribution is 2.24. The fourth-order valence-electron chi connectivity index (χ4n) is 3.66. The van der Waals surface area contributed by atoms with Crippen LogP contribution in [0.25, 0.3) is 0 Å². The molecule has 1 amide bonds. The number of hydrogen-bond acceptors (Lipinski definition) is 4. The van der Waals surface area contributed by atoms with Crippen molar-refractivity contribution in [2.24, 2.45) is 11.8 Å². The van der Waals surface area contributed by atoms with Crippen LogP contribution in [0.1, 0.15) is 41.9 Å². The van der Waals surface area contributed by atoms with Crippen molar-refractivity contribution < 1.29 is 17.6 Å². The van der Waals surface area contributed by atoms with Gasteiger partial charge < -0.3 is 9.32 Å². The maximum Gasteiger partial charge on any atom is 0.254 e. The standard InChI is InChI=1S/C20H26N2O4S/c1-14-9-15(2)13-22(12-14)20(23)19-10-18(7-6-16(19)3)27(24,25)21-11-17-5-4-8-26-17/h4-8,10,14-15,21H,9,11-13H2,1-3H3. The Morgan fingerprint density at radius 1 is 1.22 bits per heavy atom. The molecule has 0 saturated carbocycles. The first-order valence-electron chi connectivity index (χ1n) is 9.18. The van der Waals surface area contributed by atoms with Gasteiger partial charge in [0.05, 0.1) is 17.7 Å². The van der Waals surface area contributed by atoms with Crippen molar-refractivity contribution in [2.45, 2.75) is 38.6 Å². The molecule has 1 aromatic heterocycles. The average molecular weight is 391 g/mol. The van der Waals surface area contributed by atoms with Crippen molar-refractivity contribution in [3.63, 3.8) is 0 Å². The number of piperidine rings is 1. The van der Waals surface area contributed by atoms with Crippen LogP contribution in [0.15, 0.2) is 45.9 Å². The van der Waals surface area contributed by atoms with Crippen molar-refractivity contribution in [1.82, 2.24) is 9.62 Å². The van der Waals surface area contributed by atoms with Crippen LogP contribution in [-0.4, -0.2) is 32.3 Å². The van der Waals surface area contributed by atoms with Gasteiger partial charge in [-0.15, -0.1) is 0 Å². The van der Waals surface area contributed by atoms with E-state index in [-0.39, 0.29) is 17.3 Å². The number of likely N-dealkylation sites (tertiary alicyclic amines) is 1. The minimum Gasteiger partial charge on any atom is -0.468 e. The second-order valence-electron chi connectivity index (χ2n) is 7.54. The first kappa shape index (κ1) is 19.6. The minimum absolute atomic E-state index is 0.0631. The molecule has 0 aliphatic carbocycles. The molecule has 146 valence electrons. The summed E-state index contributed by atoms with van der Waals surface area (Å²) in [4.78, 5) is 15.0. The number of nitrogens with zero attached hydrogens (tertiary/aromatic N) is 1. The number of carbonyl (C=O) groups excluding carboxylic acids is 1.